The largest absolute Gasteiger partial charge is 1.00 e. The monoisotopic (exact) mass is 1380 g/mol. The van der Waals surface area contributed by atoms with Crippen LogP contribution in [0.5, 0.6) is 0 Å². The molecule has 2 aliphatic heterocycles. The number of carboxylic acid groups (broad SMARTS) is 1. The van der Waals surface area contributed by atoms with E-state index in [0.717, 1.165) is 29.2 Å². The number of carboxylic acids is 1. The van der Waals surface area contributed by atoms with E-state index in [1.54, 1.807) is 79.1 Å². The van der Waals surface area contributed by atoms with Gasteiger partial charge in [-0.2, -0.15) is 23.5 Å². The quantitative estimate of drug-likeness (QED) is 0.00791. The van der Waals surface area contributed by atoms with Gasteiger partial charge in [-0.05, 0) is 95.2 Å². The van der Waals surface area contributed by atoms with Gasteiger partial charge >= 0.3 is 59.1 Å². The summed E-state index contributed by atoms with van der Waals surface area (Å²) in [4.78, 5) is 101. The van der Waals surface area contributed by atoms with Crippen molar-refractivity contribution in [1.29, 1.82) is 0 Å². The first-order valence-corrected chi connectivity index (χ1v) is 32.7. The van der Waals surface area contributed by atoms with E-state index >= 15 is 0 Å². The molecule has 0 aromatic heterocycles. The predicted molar refractivity (Wildman–Crippen MR) is 345 cm³/mol. The van der Waals surface area contributed by atoms with Crippen molar-refractivity contribution in [3.8, 4) is 22.3 Å². The number of Topliss-reactive ketones (excluding diaryl/α,β-unsaturated/α-hetero) is 1. The van der Waals surface area contributed by atoms with Crippen molar-refractivity contribution in [2.75, 3.05) is 55.9 Å². The Labute approximate surface area is 609 Å². The van der Waals surface area contributed by atoms with E-state index in [1.165, 1.54) is 30.4 Å². The molecule has 2 fully saturated rings. The molecule has 5 amide bonds. The molecule has 5 aromatic rings. The maximum atomic E-state index is 13.0. The molecule has 0 unspecified atom stereocenters. The van der Waals surface area contributed by atoms with Crippen LogP contribution < -0.4 is 90.8 Å². The fraction of sp³-hybridized carbons (Fsp3) is 0.433. The number of aliphatic carboxylic acids is 1. The number of thioether (sulfide) groups is 2. The molecule has 508 valence electrons. The van der Waals surface area contributed by atoms with Crippen molar-refractivity contribution in [1.82, 2.24) is 26.6 Å². The molecule has 0 bridgehead atoms. The first-order chi connectivity index (χ1) is 44.6. The van der Waals surface area contributed by atoms with Crippen LogP contribution in [-0.2, 0) is 38.1 Å². The molecule has 12 N–H and O–H groups in total. The Balaban J connectivity index is 0.00000653. The fourth-order valence-corrected chi connectivity index (χ4v) is 12.2. The molecule has 5 aromatic carbocycles. The van der Waals surface area contributed by atoms with Crippen LogP contribution in [0.3, 0.4) is 0 Å². The zero-order chi connectivity index (χ0) is 67.1. The summed E-state index contributed by atoms with van der Waals surface area (Å²) in [7, 11) is 0. The zero-order valence-electron chi connectivity index (χ0n) is 53.8. The van der Waals surface area contributed by atoms with Gasteiger partial charge in [0, 0.05) is 87.4 Å². The maximum Gasteiger partial charge on any atom is 1.00 e. The molecular weight excluding hydrogens is 1300 g/mol. The summed E-state index contributed by atoms with van der Waals surface area (Å²) in [5.41, 5.74) is 4.98. The van der Waals surface area contributed by atoms with Crippen LogP contribution in [0.4, 0.5) is 0 Å². The molecule has 29 heteroatoms. The minimum Gasteiger partial charge on any atom is -0.870 e. The number of amides is 5. The van der Waals surface area contributed by atoms with E-state index in [0.29, 0.717) is 65.5 Å². The zero-order valence-corrected chi connectivity index (χ0v) is 59.5. The summed E-state index contributed by atoms with van der Waals surface area (Å²) in [5.74, 6) is -7.39. The van der Waals surface area contributed by atoms with Crippen LogP contribution in [0, 0.1) is 0 Å². The Hall–Kier alpha value is -5.48. The SMILES string of the molecule is CC(=O)N[C@H]1[C@H]([C@H](O)[C@H](O)CNC(=O)c2ccc(-c3ccccc3)cc2)O[C@]([C-]=O)(OCCCSCCNC(=O)c2ccc(C(=O)CCCSCCCO[C@]3(C(=O)[O-])C[C@H](O)[C@@H](NC(C)=O)[C@H]([C@H](O)[C@H](O)CNC(=O)c4ccc(-c5ccccc5)cc4)O3)cc2)C[C@@H]1O.[Na+].[Na+].[OH-]. The molecule has 0 aliphatic carbocycles. The van der Waals surface area contributed by atoms with E-state index in [2.05, 4.69) is 26.6 Å². The molecule has 2 aliphatic rings. The smallest absolute Gasteiger partial charge is 0.870 e. The van der Waals surface area contributed by atoms with Gasteiger partial charge in [0.1, 0.15) is 30.4 Å². The van der Waals surface area contributed by atoms with E-state index < -0.39 is 128 Å². The van der Waals surface area contributed by atoms with Gasteiger partial charge in [0.15, 0.2) is 5.78 Å². The molecule has 2 saturated heterocycles. The van der Waals surface area contributed by atoms with Crippen LogP contribution in [0.2, 0.25) is 0 Å². The van der Waals surface area contributed by atoms with Gasteiger partial charge in [-0.25, -0.2) is 6.29 Å². The number of benzene rings is 5. The Morgan fingerprint density at radius 2 is 0.948 bits per heavy atom. The number of aliphatic hydroxyl groups is 6. The summed E-state index contributed by atoms with van der Waals surface area (Å²) in [6.07, 6.45) is -11.7. The Bertz CT molecular complexity index is 3280. The average Bonchev–Trinajstić information content (AvgIpc) is 0.780. The van der Waals surface area contributed by atoms with Crippen molar-refractivity contribution >= 4 is 71.1 Å². The Kier molecular flexibility index (Phi) is 35.6. The van der Waals surface area contributed by atoms with Gasteiger partial charge in [0.2, 0.25) is 17.6 Å². The number of ether oxygens (including phenoxy) is 4. The van der Waals surface area contributed by atoms with Crippen LogP contribution >= 0.6 is 23.5 Å². The third-order valence-electron chi connectivity index (χ3n) is 15.5. The molecule has 2 heterocycles. The molecule has 7 rings (SSSR count). The summed E-state index contributed by atoms with van der Waals surface area (Å²) >= 11 is 2.95. The van der Waals surface area contributed by atoms with E-state index in [9.17, 15) is 74.1 Å². The Morgan fingerprint density at radius 1 is 0.552 bits per heavy atom. The van der Waals surface area contributed by atoms with E-state index in [4.69, 9.17) is 18.9 Å². The standard InChI is InChI=1S/C67H80N5O19S2.2Na.H2O/c1-41(74)71-56-52(77)36-66(40-73,90-60(56)58(81)54(79)38-69-63(84)49-23-17-45(18-24-49)43-12-5-3-6-13-43)88-30-10-34-93-35-29-68-62(83)48-27-21-47(22-28-48)51(76)16-9-32-92-33-11-31-89-67(65(86)87)37-53(78)57(72-42(2)75)61(91-67)59(82)55(80)39-70-64(85)50-25-19-46(20-26-50)44-14-7-4-8-15-44;;;/h3-8,12-15,17-28,52-61,77-82H,9-11,16,29-39H2,1-2H3,(H,68,83)(H,69,84)(H,70,85)(H,71,74)(H,72,75)(H,86,87);;;1H2/q-1;2*+1;/p-2/t52-,53-,54+,55+,56+,57+,58+,59+,60+,61+,66+,67+;;;/m0.../s1. The van der Waals surface area contributed by atoms with Crippen molar-refractivity contribution in [2.45, 2.75) is 125 Å². The summed E-state index contributed by atoms with van der Waals surface area (Å²) < 4.78 is 23.2. The first-order valence-electron chi connectivity index (χ1n) is 30.4. The maximum absolute atomic E-state index is 13.0. The number of carbonyl (C=O) groups excluding carboxylic acids is 8. The second-order valence-electron chi connectivity index (χ2n) is 22.5. The molecule has 0 spiro atoms. The summed E-state index contributed by atoms with van der Waals surface area (Å²) in [6, 6.07) is 36.1. The molecule has 25 nitrogen and oxygen atoms in total. The predicted octanol–water partition coefficient (Wildman–Crippen LogP) is -4.31. The van der Waals surface area contributed by atoms with Gasteiger partial charge in [0.25, 0.3) is 17.7 Å². The van der Waals surface area contributed by atoms with Crippen LogP contribution in [0.1, 0.15) is 93.8 Å². The van der Waals surface area contributed by atoms with Crippen molar-refractivity contribution in [3.05, 3.63) is 156 Å². The number of aliphatic hydroxyl groups excluding tert-OH is 6. The summed E-state index contributed by atoms with van der Waals surface area (Å²) in [5, 5.41) is 92.3. The van der Waals surface area contributed by atoms with Crippen molar-refractivity contribution in [3.63, 3.8) is 0 Å². The number of ketones is 1. The first kappa shape index (κ1) is 82.9. The second-order valence-corrected chi connectivity index (χ2v) is 24.9. The van der Waals surface area contributed by atoms with E-state index in [1.807, 2.05) is 60.7 Å². The fourth-order valence-electron chi connectivity index (χ4n) is 10.6. The van der Waals surface area contributed by atoms with Gasteiger partial charge in [-0.15, -0.1) is 0 Å². The van der Waals surface area contributed by atoms with Gasteiger partial charge < -0.3 is 96.3 Å². The van der Waals surface area contributed by atoms with Gasteiger partial charge in [0.05, 0.1) is 48.9 Å². The molecule has 96 heavy (non-hydrogen) atoms. The third-order valence-corrected chi connectivity index (χ3v) is 17.7. The molecule has 0 saturated carbocycles. The summed E-state index contributed by atoms with van der Waals surface area (Å²) in [6.45, 7) is 1.41. The van der Waals surface area contributed by atoms with Crippen molar-refractivity contribution < 1.29 is 158 Å². The number of rotatable bonds is 35. The molecular formula is C67H80N5Na2O20S2-. The minimum absolute atomic E-state index is 0. The van der Waals surface area contributed by atoms with Crippen molar-refractivity contribution in [2.24, 2.45) is 0 Å². The number of nitrogens with one attached hydrogen (secondary N) is 5. The number of hydrogen-bond donors (Lipinski definition) is 11. The normalized spacial score (nSPS) is 21.7. The Morgan fingerprint density at radius 3 is 1.41 bits per heavy atom. The third kappa shape index (κ3) is 24.2. The number of carbonyl (C=O) groups is 7. The minimum atomic E-state index is -2.58. The van der Waals surface area contributed by atoms with E-state index in [-0.39, 0.29) is 101 Å². The molecule has 12 atom stereocenters. The topological polar surface area (TPSA) is 408 Å². The van der Waals surface area contributed by atoms with Crippen LogP contribution in [0.15, 0.2) is 133 Å². The van der Waals surface area contributed by atoms with Crippen LogP contribution in [-0.4, -0.2) is 212 Å². The molecule has 0 radical (unpaired) electrons. The number of hydrogen-bond acceptors (Lipinski definition) is 22. The van der Waals surface area contributed by atoms with Gasteiger partial charge in [-0.1, -0.05) is 97.1 Å². The average molecular weight is 1390 g/mol. The van der Waals surface area contributed by atoms with Crippen LogP contribution in [0.25, 0.3) is 22.3 Å². The van der Waals surface area contributed by atoms with Gasteiger partial charge in [-0.3, -0.25) is 28.8 Å². The second kappa shape index (κ2) is 41.2.